The van der Waals surface area contributed by atoms with Gasteiger partial charge in [-0.3, -0.25) is 19.9 Å². The molecule has 0 saturated heterocycles. The van der Waals surface area contributed by atoms with E-state index in [0.29, 0.717) is 0 Å². The fourth-order valence-electron chi connectivity index (χ4n) is 1.61. The molecule has 0 saturated carbocycles. The van der Waals surface area contributed by atoms with Gasteiger partial charge in [0.25, 0.3) is 11.6 Å². The summed E-state index contributed by atoms with van der Waals surface area (Å²) in [5, 5.41) is 22.3. The molecule has 1 aromatic carbocycles. The smallest absolute Gasteiger partial charge is 0.294 e. The molecule has 7 nitrogen and oxygen atoms in total. The number of hydrogen-bond donors (Lipinski definition) is 1. The Balaban J connectivity index is 2.36. The molecule has 1 N–H and O–H groups in total. The molecule has 0 unspecified atom stereocenters. The highest BCUT2D eigenvalue weighted by Gasteiger charge is 2.18. The van der Waals surface area contributed by atoms with Crippen LogP contribution in [-0.2, 0) is 0 Å². The second kappa shape index (κ2) is 5.98. The highest BCUT2D eigenvalue weighted by atomic mass is 35.5. The number of rotatable bonds is 3. The summed E-state index contributed by atoms with van der Waals surface area (Å²) in [7, 11) is 0. The molecule has 1 aromatic heterocycles. The van der Waals surface area contributed by atoms with E-state index in [1.54, 1.807) is 6.07 Å². The predicted octanol–water partition coefficient (Wildman–Crippen LogP) is 2.77. The molecule has 0 bridgehead atoms. The van der Waals surface area contributed by atoms with Gasteiger partial charge in [-0.2, -0.15) is 5.26 Å². The molecule has 21 heavy (non-hydrogen) atoms. The number of carbonyl (C=O) groups is 1. The first-order valence-corrected chi connectivity index (χ1v) is 6.00. The highest BCUT2D eigenvalue weighted by molar-refractivity contribution is 6.34. The standard InChI is InChI=1S/C13H7ClN4O3/c14-10-7-16-4-3-9(10)13(19)17-11-2-1-8(6-15)5-12(11)18(20)21/h1-5,7H,(H,17,19). The van der Waals surface area contributed by atoms with Crippen LogP contribution < -0.4 is 5.32 Å². The molecule has 0 spiro atoms. The minimum Gasteiger partial charge on any atom is -0.316 e. The number of halogens is 1. The number of carbonyl (C=O) groups excluding carboxylic acids is 1. The van der Waals surface area contributed by atoms with Crippen LogP contribution in [-0.4, -0.2) is 15.8 Å². The minimum absolute atomic E-state index is 0.0168. The zero-order valence-electron chi connectivity index (χ0n) is 10.4. The van der Waals surface area contributed by atoms with Crippen LogP contribution in [0.2, 0.25) is 5.02 Å². The van der Waals surface area contributed by atoms with Gasteiger partial charge in [0.1, 0.15) is 5.69 Å². The number of amides is 1. The van der Waals surface area contributed by atoms with Gasteiger partial charge in [0.15, 0.2) is 0 Å². The monoisotopic (exact) mass is 302 g/mol. The van der Waals surface area contributed by atoms with Gasteiger partial charge in [-0.1, -0.05) is 11.6 Å². The van der Waals surface area contributed by atoms with Crippen molar-refractivity contribution in [2.75, 3.05) is 5.32 Å². The van der Waals surface area contributed by atoms with Crippen LogP contribution >= 0.6 is 11.6 Å². The third-order valence-corrected chi connectivity index (χ3v) is 2.89. The summed E-state index contributed by atoms with van der Waals surface area (Å²) in [6, 6.07) is 6.95. The van der Waals surface area contributed by atoms with E-state index < -0.39 is 10.8 Å². The number of hydrogen-bond acceptors (Lipinski definition) is 5. The van der Waals surface area contributed by atoms with Gasteiger partial charge in [0.2, 0.25) is 0 Å². The number of benzene rings is 1. The molecule has 0 aliphatic carbocycles. The number of pyridine rings is 1. The van der Waals surface area contributed by atoms with Gasteiger partial charge in [-0.15, -0.1) is 0 Å². The molecular weight excluding hydrogens is 296 g/mol. The summed E-state index contributed by atoms with van der Waals surface area (Å²) in [5.74, 6) is -0.602. The van der Waals surface area contributed by atoms with Crippen molar-refractivity contribution in [3.63, 3.8) is 0 Å². The van der Waals surface area contributed by atoms with Crippen LogP contribution in [0.15, 0.2) is 36.7 Å². The summed E-state index contributed by atoms with van der Waals surface area (Å²) in [4.78, 5) is 26.1. The molecule has 0 atom stereocenters. The van der Waals surface area contributed by atoms with E-state index in [2.05, 4.69) is 10.3 Å². The van der Waals surface area contributed by atoms with E-state index in [1.165, 1.54) is 30.6 Å². The Morgan fingerprint density at radius 3 is 2.81 bits per heavy atom. The molecule has 0 aliphatic rings. The first-order chi connectivity index (χ1) is 10.0. The second-order valence-corrected chi connectivity index (χ2v) is 4.32. The van der Waals surface area contributed by atoms with Crippen LogP contribution in [0, 0.1) is 21.4 Å². The number of aromatic nitrogens is 1. The fraction of sp³-hybridized carbons (Fsp3) is 0. The van der Waals surface area contributed by atoms with E-state index in [4.69, 9.17) is 16.9 Å². The topological polar surface area (TPSA) is 109 Å². The lowest BCUT2D eigenvalue weighted by atomic mass is 10.1. The normalized spacial score (nSPS) is 9.71. The summed E-state index contributed by atoms with van der Waals surface area (Å²) in [6.07, 6.45) is 2.68. The lowest BCUT2D eigenvalue weighted by molar-refractivity contribution is -0.383. The van der Waals surface area contributed by atoms with Crippen molar-refractivity contribution in [3.8, 4) is 6.07 Å². The average Bonchev–Trinajstić information content (AvgIpc) is 2.47. The Bertz CT molecular complexity index is 770. The number of nitro benzene ring substituents is 1. The Labute approximate surface area is 123 Å². The quantitative estimate of drug-likeness (QED) is 0.692. The van der Waals surface area contributed by atoms with Gasteiger partial charge < -0.3 is 5.32 Å². The first kappa shape index (κ1) is 14.4. The summed E-state index contributed by atoms with van der Waals surface area (Å²) < 4.78 is 0. The van der Waals surface area contributed by atoms with Crippen molar-refractivity contribution in [2.45, 2.75) is 0 Å². The lowest BCUT2D eigenvalue weighted by Crippen LogP contribution is -2.13. The zero-order chi connectivity index (χ0) is 15.4. The molecule has 0 fully saturated rings. The Kier molecular flexibility index (Phi) is 4.11. The predicted molar refractivity (Wildman–Crippen MR) is 75.0 cm³/mol. The molecule has 1 amide bonds. The lowest BCUT2D eigenvalue weighted by Gasteiger charge is -2.07. The van der Waals surface area contributed by atoms with Crippen molar-refractivity contribution < 1.29 is 9.72 Å². The van der Waals surface area contributed by atoms with Crippen molar-refractivity contribution in [3.05, 3.63) is 62.9 Å². The van der Waals surface area contributed by atoms with E-state index in [1.807, 2.05) is 0 Å². The minimum atomic E-state index is -0.676. The van der Waals surface area contributed by atoms with Gasteiger partial charge in [-0.05, 0) is 18.2 Å². The van der Waals surface area contributed by atoms with E-state index in [9.17, 15) is 14.9 Å². The third kappa shape index (κ3) is 3.13. The number of nitrogens with zero attached hydrogens (tertiary/aromatic N) is 3. The van der Waals surface area contributed by atoms with Gasteiger partial charge in [-0.25, -0.2) is 0 Å². The van der Waals surface area contributed by atoms with Crippen molar-refractivity contribution in [1.29, 1.82) is 5.26 Å². The number of nitro groups is 1. The van der Waals surface area contributed by atoms with Crippen molar-refractivity contribution in [2.24, 2.45) is 0 Å². The Morgan fingerprint density at radius 2 is 2.19 bits per heavy atom. The number of nitrogens with one attached hydrogen (secondary N) is 1. The fourth-order valence-corrected chi connectivity index (χ4v) is 1.81. The Hall–Kier alpha value is -2.98. The summed E-state index contributed by atoms with van der Waals surface area (Å²) in [5.41, 5.74) is -0.114. The average molecular weight is 303 g/mol. The molecule has 2 aromatic rings. The molecular formula is C13H7ClN4O3. The van der Waals surface area contributed by atoms with Crippen molar-refractivity contribution >= 4 is 28.9 Å². The highest BCUT2D eigenvalue weighted by Crippen LogP contribution is 2.26. The third-order valence-electron chi connectivity index (χ3n) is 2.59. The SMILES string of the molecule is N#Cc1ccc(NC(=O)c2ccncc2Cl)c([N+](=O)[O-])c1. The number of anilines is 1. The first-order valence-electron chi connectivity index (χ1n) is 5.62. The molecule has 0 aliphatic heterocycles. The van der Waals surface area contributed by atoms with Crippen LogP contribution in [0.1, 0.15) is 15.9 Å². The summed E-state index contributed by atoms with van der Waals surface area (Å²) in [6.45, 7) is 0. The van der Waals surface area contributed by atoms with E-state index >= 15 is 0 Å². The van der Waals surface area contributed by atoms with Crippen LogP contribution in [0.5, 0.6) is 0 Å². The van der Waals surface area contributed by atoms with E-state index in [0.717, 1.165) is 6.07 Å². The summed E-state index contributed by atoms with van der Waals surface area (Å²) >= 11 is 5.84. The molecule has 0 radical (unpaired) electrons. The number of nitriles is 1. The van der Waals surface area contributed by atoms with Gasteiger partial charge in [0, 0.05) is 18.5 Å². The maximum absolute atomic E-state index is 12.1. The van der Waals surface area contributed by atoms with Gasteiger partial charge in [0.05, 0.1) is 27.1 Å². The molecule has 1 heterocycles. The van der Waals surface area contributed by atoms with Crippen LogP contribution in [0.3, 0.4) is 0 Å². The largest absolute Gasteiger partial charge is 0.316 e. The van der Waals surface area contributed by atoms with Crippen LogP contribution in [0.25, 0.3) is 0 Å². The second-order valence-electron chi connectivity index (χ2n) is 3.91. The molecule has 8 heteroatoms. The molecule has 104 valence electrons. The van der Waals surface area contributed by atoms with Gasteiger partial charge >= 0.3 is 0 Å². The maximum atomic E-state index is 12.1. The maximum Gasteiger partial charge on any atom is 0.294 e. The zero-order valence-corrected chi connectivity index (χ0v) is 11.2. The van der Waals surface area contributed by atoms with Crippen molar-refractivity contribution in [1.82, 2.24) is 4.98 Å². The van der Waals surface area contributed by atoms with E-state index in [-0.39, 0.29) is 27.5 Å². The molecule has 2 rings (SSSR count). The Morgan fingerprint density at radius 1 is 1.43 bits per heavy atom. The van der Waals surface area contributed by atoms with Crippen LogP contribution in [0.4, 0.5) is 11.4 Å².